The minimum Gasteiger partial charge on any atom is -0.508 e. The van der Waals surface area contributed by atoms with Gasteiger partial charge < -0.3 is 20.1 Å². The molecule has 1 unspecified atom stereocenters. The van der Waals surface area contributed by atoms with Gasteiger partial charge in [0.05, 0.1) is 6.61 Å². The maximum atomic E-state index is 10.3. The molecule has 0 bridgehead atoms. The van der Waals surface area contributed by atoms with Gasteiger partial charge in [0.15, 0.2) is 0 Å². The van der Waals surface area contributed by atoms with Gasteiger partial charge in [-0.15, -0.1) is 0 Å². The Bertz CT molecular complexity index is 943. The largest absolute Gasteiger partial charge is 0.508 e. The van der Waals surface area contributed by atoms with Gasteiger partial charge in [0.25, 0.3) is 0 Å². The number of phenols is 3. The number of benzene rings is 3. The zero-order valence-corrected chi connectivity index (χ0v) is 14.4. The molecule has 0 spiro atoms. The van der Waals surface area contributed by atoms with Crippen LogP contribution in [0.4, 0.5) is 0 Å². The molecule has 0 fully saturated rings. The molecule has 0 saturated heterocycles. The molecule has 4 heteroatoms. The molecule has 1 aliphatic heterocycles. The van der Waals surface area contributed by atoms with Crippen LogP contribution in [0, 0.1) is 6.92 Å². The highest BCUT2D eigenvalue weighted by molar-refractivity contribution is 5.75. The molecule has 1 aliphatic rings. The van der Waals surface area contributed by atoms with Crippen LogP contribution in [0.15, 0.2) is 54.6 Å². The number of phenolic OH excluding ortho intramolecular Hbond substituents is 3. The lowest BCUT2D eigenvalue weighted by atomic mass is 9.85. The lowest BCUT2D eigenvalue weighted by Crippen LogP contribution is -2.20. The van der Waals surface area contributed by atoms with Gasteiger partial charge in [0.2, 0.25) is 0 Å². The van der Waals surface area contributed by atoms with E-state index in [2.05, 4.69) is 0 Å². The third kappa shape index (κ3) is 2.84. The first-order chi connectivity index (χ1) is 12.5. The highest BCUT2D eigenvalue weighted by Gasteiger charge is 2.27. The van der Waals surface area contributed by atoms with Gasteiger partial charge in [0.1, 0.15) is 23.0 Å². The summed E-state index contributed by atoms with van der Waals surface area (Å²) in [7, 11) is 0. The van der Waals surface area contributed by atoms with Crippen LogP contribution >= 0.6 is 0 Å². The molecule has 3 aromatic carbocycles. The van der Waals surface area contributed by atoms with E-state index in [4.69, 9.17) is 4.74 Å². The van der Waals surface area contributed by atoms with E-state index in [0.717, 1.165) is 40.0 Å². The van der Waals surface area contributed by atoms with Crippen molar-refractivity contribution in [1.82, 2.24) is 0 Å². The van der Waals surface area contributed by atoms with Gasteiger partial charge in [-0.25, -0.2) is 0 Å². The number of ether oxygens (including phenoxy) is 1. The summed E-state index contributed by atoms with van der Waals surface area (Å²) in [6.07, 6.45) is 0.775. The van der Waals surface area contributed by atoms with Crippen molar-refractivity contribution < 1.29 is 20.1 Å². The number of fused-ring (bicyclic) bond motifs is 1. The Labute approximate surface area is 151 Å². The summed E-state index contributed by atoms with van der Waals surface area (Å²) < 4.78 is 6.05. The monoisotopic (exact) mass is 348 g/mol. The van der Waals surface area contributed by atoms with Crippen LogP contribution in [0.3, 0.4) is 0 Å². The number of rotatable bonds is 2. The lowest BCUT2D eigenvalue weighted by Gasteiger charge is -2.29. The Morgan fingerprint density at radius 3 is 2.15 bits per heavy atom. The molecule has 0 aliphatic carbocycles. The van der Waals surface area contributed by atoms with E-state index in [1.807, 2.05) is 31.2 Å². The summed E-state index contributed by atoms with van der Waals surface area (Å²) in [6.45, 7) is 2.38. The van der Waals surface area contributed by atoms with Crippen molar-refractivity contribution in [2.75, 3.05) is 6.61 Å². The Kier molecular flexibility index (Phi) is 3.96. The zero-order valence-electron chi connectivity index (χ0n) is 14.4. The number of hydrogen-bond acceptors (Lipinski definition) is 4. The summed E-state index contributed by atoms with van der Waals surface area (Å²) in [5, 5.41) is 29.4. The van der Waals surface area contributed by atoms with Crippen molar-refractivity contribution in [3.8, 4) is 34.1 Å². The predicted molar refractivity (Wildman–Crippen MR) is 100.0 cm³/mol. The highest BCUT2D eigenvalue weighted by Crippen LogP contribution is 2.44. The molecular weight excluding hydrogens is 328 g/mol. The fraction of sp³-hybridized carbons (Fsp3) is 0.182. The molecule has 0 amide bonds. The molecule has 0 aromatic heterocycles. The topological polar surface area (TPSA) is 69.9 Å². The van der Waals surface area contributed by atoms with Gasteiger partial charge >= 0.3 is 0 Å². The molecular formula is C22H20O4. The average molecular weight is 348 g/mol. The standard InChI is InChI=1S/C22H20O4/c1-13-21(25)11-19(15-4-8-18(24)9-5-15)20-10-16(12-26-22(13)20)14-2-6-17(23)7-3-14/h2-9,11,16,23-25H,10,12H2,1H3. The van der Waals surface area contributed by atoms with Gasteiger partial charge in [-0.1, -0.05) is 24.3 Å². The Hall–Kier alpha value is -3.14. The first kappa shape index (κ1) is 16.3. The van der Waals surface area contributed by atoms with Crippen LogP contribution in [-0.4, -0.2) is 21.9 Å². The Balaban J connectivity index is 1.79. The van der Waals surface area contributed by atoms with Crippen molar-refractivity contribution in [3.63, 3.8) is 0 Å². The molecule has 1 heterocycles. The van der Waals surface area contributed by atoms with Gasteiger partial charge in [-0.05, 0) is 60.4 Å². The van der Waals surface area contributed by atoms with E-state index in [9.17, 15) is 15.3 Å². The number of aromatic hydroxyl groups is 3. The van der Waals surface area contributed by atoms with Crippen LogP contribution in [0.2, 0.25) is 0 Å². The smallest absolute Gasteiger partial charge is 0.129 e. The van der Waals surface area contributed by atoms with Gasteiger partial charge in [-0.2, -0.15) is 0 Å². The third-order valence-electron chi connectivity index (χ3n) is 5.03. The van der Waals surface area contributed by atoms with E-state index >= 15 is 0 Å². The minimum atomic E-state index is 0.169. The summed E-state index contributed by atoms with van der Waals surface area (Å²) in [6, 6.07) is 15.9. The molecule has 26 heavy (non-hydrogen) atoms. The Morgan fingerprint density at radius 2 is 1.50 bits per heavy atom. The van der Waals surface area contributed by atoms with Gasteiger partial charge in [-0.3, -0.25) is 0 Å². The summed E-state index contributed by atoms with van der Waals surface area (Å²) in [5.41, 5.74) is 4.73. The molecule has 0 radical (unpaired) electrons. The van der Waals surface area contributed by atoms with E-state index in [0.29, 0.717) is 6.61 Å². The van der Waals surface area contributed by atoms with Crippen LogP contribution in [0.1, 0.15) is 22.6 Å². The second-order valence-corrected chi connectivity index (χ2v) is 6.73. The maximum absolute atomic E-state index is 10.3. The molecule has 4 rings (SSSR count). The summed E-state index contributed by atoms with van der Waals surface area (Å²) >= 11 is 0. The second kappa shape index (κ2) is 6.30. The van der Waals surface area contributed by atoms with Crippen LogP contribution in [-0.2, 0) is 6.42 Å². The first-order valence-corrected chi connectivity index (χ1v) is 8.59. The van der Waals surface area contributed by atoms with E-state index in [1.54, 1.807) is 30.3 Å². The second-order valence-electron chi connectivity index (χ2n) is 6.73. The van der Waals surface area contributed by atoms with Gasteiger partial charge in [0, 0.05) is 17.0 Å². The third-order valence-corrected chi connectivity index (χ3v) is 5.03. The predicted octanol–water partition coefficient (Wildman–Crippen LogP) is 4.50. The molecule has 132 valence electrons. The van der Waals surface area contributed by atoms with Crippen molar-refractivity contribution in [1.29, 1.82) is 0 Å². The zero-order chi connectivity index (χ0) is 18.3. The first-order valence-electron chi connectivity index (χ1n) is 8.59. The summed E-state index contributed by atoms with van der Waals surface area (Å²) in [5.74, 6) is 1.56. The van der Waals surface area contributed by atoms with Crippen molar-refractivity contribution in [2.45, 2.75) is 19.3 Å². The van der Waals surface area contributed by atoms with E-state index in [-0.39, 0.29) is 23.2 Å². The summed E-state index contributed by atoms with van der Waals surface area (Å²) in [4.78, 5) is 0. The normalized spacial score (nSPS) is 16.0. The van der Waals surface area contributed by atoms with Crippen molar-refractivity contribution >= 4 is 0 Å². The maximum Gasteiger partial charge on any atom is 0.129 e. The highest BCUT2D eigenvalue weighted by atomic mass is 16.5. The van der Waals surface area contributed by atoms with Crippen LogP contribution in [0.25, 0.3) is 11.1 Å². The van der Waals surface area contributed by atoms with Crippen molar-refractivity contribution in [2.24, 2.45) is 0 Å². The quantitative estimate of drug-likeness (QED) is 0.638. The van der Waals surface area contributed by atoms with Crippen LogP contribution < -0.4 is 4.74 Å². The molecule has 3 N–H and O–H groups in total. The molecule has 1 atom stereocenters. The lowest BCUT2D eigenvalue weighted by molar-refractivity contribution is 0.259. The minimum absolute atomic E-state index is 0.169. The SMILES string of the molecule is Cc1c(O)cc(-c2ccc(O)cc2)c2c1OCC(c1ccc(O)cc1)C2. The van der Waals surface area contributed by atoms with E-state index in [1.165, 1.54) is 0 Å². The average Bonchev–Trinajstić information content (AvgIpc) is 2.66. The molecule has 3 aromatic rings. The number of hydrogen-bond donors (Lipinski definition) is 3. The fourth-order valence-electron chi connectivity index (χ4n) is 3.54. The van der Waals surface area contributed by atoms with Crippen LogP contribution in [0.5, 0.6) is 23.0 Å². The fourth-order valence-corrected chi connectivity index (χ4v) is 3.54. The van der Waals surface area contributed by atoms with Crippen molar-refractivity contribution in [3.05, 3.63) is 71.3 Å². The van der Waals surface area contributed by atoms with E-state index < -0.39 is 0 Å². The molecule has 0 saturated carbocycles. The Morgan fingerprint density at radius 1 is 0.885 bits per heavy atom. The molecule has 4 nitrogen and oxygen atoms in total.